The summed E-state index contributed by atoms with van der Waals surface area (Å²) in [6.07, 6.45) is 2.44. The number of anilines is 3. The number of aliphatic hydroxyl groups excluding tert-OH is 1. The minimum Gasteiger partial charge on any atom is -0.546 e. The molecule has 1 atom stereocenters. The van der Waals surface area contributed by atoms with Crippen LogP contribution in [0.25, 0.3) is 0 Å². The Morgan fingerprint density at radius 1 is 1.19 bits per heavy atom. The quantitative estimate of drug-likeness (QED) is 0.335. The Labute approximate surface area is 186 Å². The largest absolute Gasteiger partial charge is 0.546 e. The highest BCUT2D eigenvalue weighted by molar-refractivity contribution is 7.14. The summed E-state index contributed by atoms with van der Waals surface area (Å²) in [5, 5.41) is 11.1. The number of pyridine rings is 1. The summed E-state index contributed by atoms with van der Waals surface area (Å²) in [7, 11) is 1.66. The molecule has 3 aromatic rings. The molecule has 1 unspecified atom stereocenters. The first-order chi connectivity index (χ1) is 14.9. The van der Waals surface area contributed by atoms with E-state index in [9.17, 15) is 4.55 Å². The number of nitrogens with zero attached hydrogens (tertiary/aromatic N) is 4. The maximum atomic E-state index is 11.2. The number of methoxy groups -OCH3 is 1. The molecular formula is C21H30N6O3S. The molecule has 0 saturated heterocycles. The number of nitrogens with one attached hydrogen (secondary N) is 1. The number of hydrogen-bond acceptors (Lipinski definition) is 9. The van der Waals surface area contributed by atoms with Gasteiger partial charge in [-0.15, -0.1) is 0 Å². The van der Waals surface area contributed by atoms with E-state index in [1.54, 1.807) is 27.2 Å². The lowest BCUT2D eigenvalue weighted by Gasteiger charge is -2.24. The van der Waals surface area contributed by atoms with Crippen molar-refractivity contribution < 1.29 is 14.4 Å². The average molecular weight is 447 g/mol. The van der Waals surface area contributed by atoms with Crippen LogP contribution in [0.15, 0.2) is 48.7 Å². The summed E-state index contributed by atoms with van der Waals surface area (Å²) in [6, 6.07) is 13.9. The Balaban J connectivity index is 0.000000785. The Morgan fingerprint density at radius 2 is 1.90 bits per heavy atom. The van der Waals surface area contributed by atoms with E-state index in [-0.39, 0.29) is 11.9 Å². The molecular weight excluding hydrogens is 416 g/mol. The van der Waals surface area contributed by atoms with Gasteiger partial charge in [-0.1, -0.05) is 18.2 Å². The topological polar surface area (TPSA) is 132 Å². The van der Waals surface area contributed by atoms with Crippen molar-refractivity contribution in [2.45, 2.75) is 32.9 Å². The first-order valence-corrected chi connectivity index (χ1v) is 11.0. The number of nitrogen functional groups attached to an aromatic ring is 1. The predicted molar refractivity (Wildman–Crippen MR) is 124 cm³/mol. The number of aliphatic hydroxyl groups is 1. The maximum Gasteiger partial charge on any atom is 0.232 e. The Kier molecular flexibility index (Phi) is 9.95. The van der Waals surface area contributed by atoms with Crippen molar-refractivity contribution >= 4 is 28.6 Å². The average Bonchev–Trinajstić information content (AvgIpc) is 3.08. The zero-order valence-electron chi connectivity index (χ0n) is 18.1. The minimum atomic E-state index is -1.60. The van der Waals surface area contributed by atoms with Gasteiger partial charge in [0.05, 0.1) is 7.11 Å². The molecule has 3 rings (SSSR count). The van der Waals surface area contributed by atoms with Gasteiger partial charge in [-0.2, -0.15) is 0 Å². The maximum absolute atomic E-state index is 11.2. The highest BCUT2D eigenvalue weighted by Crippen LogP contribution is 2.20. The molecule has 168 valence electrons. The van der Waals surface area contributed by atoms with E-state index in [1.165, 1.54) is 5.56 Å². The van der Waals surface area contributed by atoms with E-state index in [0.717, 1.165) is 31.1 Å². The van der Waals surface area contributed by atoms with Crippen molar-refractivity contribution in [2.75, 3.05) is 36.1 Å². The molecule has 1 aromatic carbocycles. The summed E-state index contributed by atoms with van der Waals surface area (Å²) < 4.78 is 24.0. The fourth-order valence-corrected chi connectivity index (χ4v) is 3.25. The van der Waals surface area contributed by atoms with E-state index < -0.39 is 11.1 Å². The zero-order valence-corrected chi connectivity index (χ0v) is 18.9. The molecule has 0 aliphatic heterocycles. The first kappa shape index (κ1) is 24.3. The van der Waals surface area contributed by atoms with Gasteiger partial charge >= 0.3 is 0 Å². The summed E-state index contributed by atoms with van der Waals surface area (Å²) in [6.45, 7) is 5.59. The third-order valence-electron chi connectivity index (χ3n) is 3.99. The second-order valence-electron chi connectivity index (χ2n) is 6.98. The van der Waals surface area contributed by atoms with Gasteiger partial charge in [-0.3, -0.25) is 0 Å². The lowest BCUT2D eigenvalue weighted by Crippen LogP contribution is -2.26. The monoisotopic (exact) mass is 446 g/mol. The number of ether oxygens (including phenoxy) is 1. The van der Waals surface area contributed by atoms with Gasteiger partial charge in [-0.05, 0) is 50.1 Å². The number of hydrogen-bond donors (Lipinski definition) is 3. The van der Waals surface area contributed by atoms with Crippen LogP contribution >= 0.6 is 11.1 Å². The standard InChI is InChI=1S/C18H22N6O2S.C3H8O/c1-26-15-8-6-14(7-9-15)13-24(16-5-2-3-10-20-16)12-4-11-21-18-17(19)22-27(25)23-18;1-3(2)4/h2-3,5-10H,4,11-13H2,1H3,(H2,19,22)(H,21,23);3-4H,1-2H3. The van der Waals surface area contributed by atoms with E-state index in [4.69, 9.17) is 15.6 Å². The van der Waals surface area contributed by atoms with Crippen LogP contribution in [0, 0.1) is 0 Å². The Bertz CT molecular complexity index is 887. The second kappa shape index (κ2) is 12.7. The van der Waals surface area contributed by atoms with Gasteiger partial charge in [0, 0.05) is 40.7 Å². The van der Waals surface area contributed by atoms with Gasteiger partial charge in [0.2, 0.25) is 11.6 Å². The molecule has 9 nitrogen and oxygen atoms in total. The van der Waals surface area contributed by atoms with Crippen LogP contribution in [-0.2, 0) is 6.54 Å². The molecule has 0 amide bonds. The number of aromatic nitrogens is 3. The van der Waals surface area contributed by atoms with Crippen molar-refractivity contribution in [3.8, 4) is 5.75 Å². The van der Waals surface area contributed by atoms with Crippen molar-refractivity contribution in [1.82, 2.24) is 13.7 Å². The number of nitrogens with two attached hydrogens (primary N) is 1. The van der Waals surface area contributed by atoms with Crippen molar-refractivity contribution in [2.24, 2.45) is 0 Å². The minimum absolute atomic E-state index is 0.167. The lowest BCUT2D eigenvalue weighted by molar-refractivity contribution is 0.216. The predicted octanol–water partition coefficient (Wildman–Crippen LogP) is 3.09. The third-order valence-corrected chi connectivity index (χ3v) is 4.68. The molecule has 0 bridgehead atoms. The lowest BCUT2D eigenvalue weighted by atomic mass is 10.2. The van der Waals surface area contributed by atoms with Crippen LogP contribution in [0.3, 0.4) is 0 Å². The molecule has 0 aliphatic rings. The van der Waals surface area contributed by atoms with Crippen molar-refractivity contribution in [1.29, 1.82) is 0 Å². The van der Waals surface area contributed by atoms with E-state index in [2.05, 4.69) is 23.9 Å². The molecule has 2 aromatic heterocycles. The first-order valence-electron chi connectivity index (χ1n) is 9.95. The number of rotatable bonds is 9. The molecule has 0 saturated carbocycles. The smallest absolute Gasteiger partial charge is 0.232 e. The summed E-state index contributed by atoms with van der Waals surface area (Å²) >= 11 is -1.60. The van der Waals surface area contributed by atoms with Gasteiger partial charge in [0.1, 0.15) is 11.6 Å². The summed E-state index contributed by atoms with van der Waals surface area (Å²) in [5.41, 5.74) is 6.83. The highest BCUT2D eigenvalue weighted by Gasteiger charge is 2.12. The van der Waals surface area contributed by atoms with Crippen LogP contribution in [-0.4, -0.2) is 49.7 Å². The van der Waals surface area contributed by atoms with Crippen LogP contribution in [0.5, 0.6) is 5.75 Å². The molecule has 0 aliphatic carbocycles. The van der Waals surface area contributed by atoms with Gasteiger partial charge in [0.15, 0.2) is 11.1 Å². The normalized spacial score (nSPS) is 11.0. The van der Waals surface area contributed by atoms with Crippen LogP contribution in [0.1, 0.15) is 25.8 Å². The molecule has 31 heavy (non-hydrogen) atoms. The highest BCUT2D eigenvalue weighted by atomic mass is 32.2. The van der Waals surface area contributed by atoms with Gasteiger partial charge in [-0.25, -0.2) is 4.98 Å². The third kappa shape index (κ3) is 8.75. The molecule has 2 heterocycles. The fourth-order valence-electron chi connectivity index (χ4n) is 2.64. The Morgan fingerprint density at radius 3 is 2.45 bits per heavy atom. The van der Waals surface area contributed by atoms with E-state index >= 15 is 0 Å². The number of benzene rings is 1. The van der Waals surface area contributed by atoms with Crippen molar-refractivity contribution in [3.05, 3.63) is 54.2 Å². The van der Waals surface area contributed by atoms with Gasteiger partial charge in [0.25, 0.3) is 0 Å². The Hall–Kier alpha value is -2.95. The molecule has 0 spiro atoms. The summed E-state index contributed by atoms with van der Waals surface area (Å²) in [4.78, 5) is 6.67. The van der Waals surface area contributed by atoms with Crippen LogP contribution in [0.2, 0.25) is 0 Å². The molecule has 4 N–H and O–H groups in total. The molecule has 10 heteroatoms. The van der Waals surface area contributed by atoms with Crippen LogP contribution in [0.4, 0.5) is 17.5 Å². The SMILES string of the molecule is CC(C)O.COc1ccc(CN(CCCNc2n[s+]([O-])nc2N)c2ccccn2)cc1. The summed E-state index contributed by atoms with van der Waals surface area (Å²) in [5.74, 6) is 2.33. The molecule has 0 fully saturated rings. The van der Waals surface area contributed by atoms with Crippen LogP contribution < -0.4 is 20.7 Å². The van der Waals surface area contributed by atoms with E-state index in [0.29, 0.717) is 12.4 Å². The van der Waals surface area contributed by atoms with E-state index in [1.807, 2.05) is 42.5 Å². The fraction of sp³-hybridized carbons (Fsp3) is 0.381. The molecule has 0 radical (unpaired) electrons. The van der Waals surface area contributed by atoms with Crippen molar-refractivity contribution in [3.63, 3.8) is 0 Å². The van der Waals surface area contributed by atoms with Gasteiger partial charge < -0.3 is 30.3 Å². The zero-order chi connectivity index (χ0) is 22.6. The second-order valence-corrected chi connectivity index (χ2v) is 7.81.